The van der Waals surface area contributed by atoms with Crippen molar-refractivity contribution in [2.45, 2.75) is 32.1 Å². The Kier molecular flexibility index (Phi) is 5.23. The molecule has 1 aliphatic carbocycles. The van der Waals surface area contributed by atoms with Crippen LogP contribution in [0.5, 0.6) is 0 Å². The van der Waals surface area contributed by atoms with Crippen molar-refractivity contribution in [3.63, 3.8) is 0 Å². The van der Waals surface area contributed by atoms with Gasteiger partial charge in [0, 0.05) is 5.41 Å². The molecule has 0 aliphatic heterocycles. The van der Waals surface area contributed by atoms with Crippen molar-refractivity contribution in [3.05, 3.63) is 25.3 Å². The predicted octanol–water partition coefficient (Wildman–Crippen LogP) is 1.62. The number of carboxylic acid groups (broad SMARTS) is 4. The van der Waals surface area contributed by atoms with Gasteiger partial charge in [-0.05, 0) is 25.7 Å². The molecule has 132 valence electrons. The molecule has 0 aromatic rings. The molecular formula is C16H20O8. The van der Waals surface area contributed by atoms with E-state index in [2.05, 4.69) is 13.2 Å². The molecule has 0 atom stereocenters. The van der Waals surface area contributed by atoms with Gasteiger partial charge in [0.15, 0.2) is 10.8 Å². The summed E-state index contributed by atoms with van der Waals surface area (Å²) in [5.41, 5.74) is -7.71. The van der Waals surface area contributed by atoms with Crippen molar-refractivity contribution in [3.8, 4) is 0 Å². The lowest BCUT2D eigenvalue weighted by Crippen LogP contribution is -2.70. The SMILES string of the molecule is C=CCC1(CC=C)CCCC(C(=O)O)(C(=O)O)C1(C(=O)O)C(=O)O. The average Bonchev–Trinajstić information content (AvgIpc) is 2.45. The highest BCUT2D eigenvalue weighted by Gasteiger charge is 2.79. The zero-order valence-corrected chi connectivity index (χ0v) is 13.0. The Balaban J connectivity index is 4.05. The summed E-state index contributed by atoms with van der Waals surface area (Å²) in [5.74, 6) is -7.92. The van der Waals surface area contributed by atoms with E-state index in [9.17, 15) is 39.6 Å². The highest BCUT2D eigenvalue weighted by molar-refractivity contribution is 6.13. The van der Waals surface area contributed by atoms with Crippen molar-refractivity contribution in [2.24, 2.45) is 16.2 Å². The van der Waals surface area contributed by atoms with E-state index >= 15 is 0 Å². The Morgan fingerprint density at radius 2 is 1.21 bits per heavy atom. The molecule has 1 saturated carbocycles. The van der Waals surface area contributed by atoms with Crippen LogP contribution in [0.4, 0.5) is 0 Å². The van der Waals surface area contributed by atoms with E-state index in [-0.39, 0.29) is 25.7 Å². The van der Waals surface area contributed by atoms with Crippen molar-refractivity contribution in [1.82, 2.24) is 0 Å². The van der Waals surface area contributed by atoms with E-state index in [4.69, 9.17) is 0 Å². The molecule has 0 amide bonds. The van der Waals surface area contributed by atoms with Crippen LogP contribution in [0.1, 0.15) is 32.1 Å². The van der Waals surface area contributed by atoms with E-state index in [1.807, 2.05) is 0 Å². The average molecular weight is 340 g/mol. The first-order chi connectivity index (χ1) is 11.1. The lowest BCUT2D eigenvalue weighted by Gasteiger charge is -2.54. The molecule has 1 rings (SSSR count). The molecule has 4 N–H and O–H groups in total. The Morgan fingerprint density at radius 3 is 1.50 bits per heavy atom. The Labute approximate surface area is 138 Å². The Hall–Kier alpha value is -2.64. The molecule has 1 aliphatic rings. The fourth-order valence-electron chi connectivity index (χ4n) is 4.20. The zero-order valence-electron chi connectivity index (χ0n) is 13.0. The molecule has 8 nitrogen and oxygen atoms in total. The highest BCUT2D eigenvalue weighted by atomic mass is 16.4. The molecule has 0 heterocycles. The van der Waals surface area contributed by atoms with Crippen LogP contribution in [-0.4, -0.2) is 44.3 Å². The minimum atomic E-state index is -3.06. The monoisotopic (exact) mass is 340 g/mol. The molecule has 0 aromatic heterocycles. The topological polar surface area (TPSA) is 149 Å². The maximum Gasteiger partial charge on any atom is 0.323 e. The number of allylic oxidation sites excluding steroid dienone is 2. The Bertz CT molecular complexity index is 565. The predicted molar refractivity (Wildman–Crippen MR) is 81.3 cm³/mol. The van der Waals surface area contributed by atoms with Crippen molar-refractivity contribution >= 4 is 23.9 Å². The van der Waals surface area contributed by atoms with Crippen LogP contribution in [0.3, 0.4) is 0 Å². The second-order valence-corrected chi connectivity index (χ2v) is 6.00. The first-order valence-corrected chi connectivity index (χ1v) is 7.26. The van der Waals surface area contributed by atoms with Crippen molar-refractivity contribution < 1.29 is 39.6 Å². The number of hydrogen-bond acceptors (Lipinski definition) is 4. The fraction of sp³-hybridized carbons (Fsp3) is 0.500. The van der Waals surface area contributed by atoms with Gasteiger partial charge >= 0.3 is 23.9 Å². The van der Waals surface area contributed by atoms with Crippen molar-refractivity contribution in [2.75, 3.05) is 0 Å². The minimum absolute atomic E-state index is 0.0337. The third-order valence-corrected chi connectivity index (χ3v) is 5.08. The van der Waals surface area contributed by atoms with E-state index in [1.165, 1.54) is 12.2 Å². The van der Waals surface area contributed by atoms with Gasteiger partial charge in [0.2, 0.25) is 0 Å². The smallest absolute Gasteiger partial charge is 0.323 e. The summed E-state index contributed by atoms with van der Waals surface area (Å²) in [7, 11) is 0. The van der Waals surface area contributed by atoms with Crippen LogP contribution in [0.15, 0.2) is 25.3 Å². The summed E-state index contributed by atoms with van der Waals surface area (Å²) in [4.78, 5) is 48.0. The zero-order chi connectivity index (χ0) is 18.8. The van der Waals surface area contributed by atoms with Crippen LogP contribution in [-0.2, 0) is 19.2 Å². The molecule has 0 spiro atoms. The number of carboxylic acids is 4. The molecule has 1 fully saturated rings. The Morgan fingerprint density at radius 1 is 0.792 bits per heavy atom. The fourth-order valence-corrected chi connectivity index (χ4v) is 4.20. The first-order valence-electron chi connectivity index (χ1n) is 7.26. The summed E-state index contributed by atoms with van der Waals surface area (Å²) in [5, 5.41) is 38.8. The maximum atomic E-state index is 12.1. The molecule has 0 radical (unpaired) electrons. The normalized spacial score (nSPS) is 20.5. The number of carbonyl (C=O) groups is 4. The summed E-state index contributed by atoms with van der Waals surface area (Å²) < 4.78 is 0. The van der Waals surface area contributed by atoms with Gasteiger partial charge in [-0.2, -0.15) is 0 Å². The molecule has 0 aromatic carbocycles. The third-order valence-electron chi connectivity index (χ3n) is 5.08. The second-order valence-electron chi connectivity index (χ2n) is 6.00. The standard InChI is InChI=1S/C16H20O8/c1-3-6-14(7-4-2)8-5-9-15(10(17)18,11(19)20)16(14,12(21)22)13(23)24/h3-4H,1-2,5-9H2,(H,17,18)(H,19,20)(H,21,22)(H,23,24). The summed E-state index contributed by atoms with van der Waals surface area (Å²) in [6.07, 6.45) is 1.73. The number of rotatable bonds is 8. The summed E-state index contributed by atoms with van der Waals surface area (Å²) in [6.45, 7) is 6.98. The van der Waals surface area contributed by atoms with Crippen LogP contribution in [0.2, 0.25) is 0 Å². The van der Waals surface area contributed by atoms with Gasteiger partial charge < -0.3 is 20.4 Å². The lowest BCUT2D eigenvalue weighted by atomic mass is 9.43. The number of hydrogen-bond donors (Lipinski definition) is 4. The van der Waals surface area contributed by atoms with Gasteiger partial charge in [-0.3, -0.25) is 19.2 Å². The van der Waals surface area contributed by atoms with Gasteiger partial charge in [0.25, 0.3) is 0 Å². The minimum Gasteiger partial charge on any atom is -0.480 e. The van der Waals surface area contributed by atoms with Gasteiger partial charge in [-0.1, -0.05) is 18.6 Å². The van der Waals surface area contributed by atoms with Crippen LogP contribution < -0.4 is 0 Å². The molecule has 0 saturated heterocycles. The molecule has 0 unspecified atom stereocenters. The first kappa shape index (κ1) is 19.4. The largest absolute Gasteiger partial charge is 0.480 e. The van der Waals surface area contributed by atoms with Gasteiger partial charge in [0.1, 0.15) is 0 Å². The molecular weight excluding hydrogens is 320 g/mol. The maximum absolute atomic E-state index is 12.1. The van der Waals surface area contributed by atoms with Crippen molar-refractivity contribution in [1.29, 1.82) is 0 Å². The third kappa shape index (κ3) is 2.13. The highest BCUT2D eigenvalue weighted by Crippen LogP contribution is 2.64. The molecule has 0 bridgehead atoms. The van der Waals surface area contributed by atoms with Gasteiger partial charge in [-0.15, -0.1) is 13.2 Å². The number of aliphatic carboxylic acids is 4. The van der Waals surface area contributed by atoms with Gasteiger partial charge in [0.05, 0.1) is 0 Å². The van der Waals surface area contributed by atoms with Crippen LogP contribution >= 0.6 is 0 Å². The van der Waals surface area contributed by atoms with Crippen LogP contribution in [0, 0.1) is 16.2 Å². The second kappa shape index (κ2) is 6.46. The lowest BCUT2D eigenvalue weighted by molar-refractivity contribution is -0.218. The quantitative estimate of drug-likeness (QED) is 0.384. The molecule has 24 heavy (non-hydrogen) atoms. The van der Waals surface area contributed by atoms with E-state index < -0.39 is 46.5 Å². The van der Waals surface area contributed by atoms with Crippen LogP contribution in [0.25, 0.3) is 0 Å². The van der Waals surface area contributed by atoms with E-state index in [0.29, 0.717) is 0 Å². The van der Waals surface area contributed by atoms with E-state index in [1.54, 1.807) is 0 Å². The van der Waals surface area contributed by atoms with E-state index in [0.717, 1.165) is 0 Å². The summed E-state index contributed by atoms with van der Waals surface area (Å²) >= 11 is 0. The summed E-state index contributed by atoms with van der Waals surface area (Å²) in [6, 6.07) is 0. The van der Waals surface area contributed by atoms with Gasteiger partial charge in [-0.25, -0.2) is 0 Å². The molecule has 8 heteroatoms.